The molecule has 0 radical (unpaired) electrons. The molecule has 0 spiro atoms. The van der Waals surface area contributed by atoms with E-state index in [9.17, 15) is 0 Å². The van der Waals surface area contributed by atoms with Crippen LogP contribution in [0.25, 0.3) is 0 Å². The van der Waals surface area contributed by atoms with Gasteiger partial charge in [0.1, 0.15) is 0 Å². The minimum atomic E-state index is 0.902. The molecule has 11 heavy (non-hydrogen) atoms. The van der Waals surface area contributed by atoms with Crippen molar-refractivity contribution in [2.24, 2.45) is 0 Å². The topological polar surface area (TPSA) is 21.3 Å². The molecule has 0 aromatic carbocycles. The van der Waals surface area contributed by atoms with Gasteiger partial charge in [0.05, 0.1) is 0 Å². The first kappa shape index (κ1) is 11.3. The molecule has 3 heteroatoms. The maximum atomic E-state index is 4.94. The smallest absolute Gasteiger partial charge is 0.0470 e. The predicted molar refractivity (Wildman–Crippen MR) is 52.4 cm³/mol. The Hall–Kier alpha value is 0.270. The van der Waals surface area contributed by atoms with E-state index < -0.39 is 0 Å². The van der Waals surface area contributed by atoms with Crippen LogP contribution in [0.1, 0.15) is 12.8 Å². The van der Waals surface area contributed by atoms with Gasteiger partial charge in [-0.15, -0.1) is 0 Å². The molecule has 0 rings (SSSR count). The summed E-state index contributed by atoms with van der Waals surface area (Å²) in [5, 5.41) is 3.13. The van der Waals surface area contributed by atoms with Crippen LogP contribution in [-0.2, 0) is 4.74 Å². The summed E-state index contributed by atoms with van der Waals surface area (Å²) < 4.78 is 4.94. The van der Waals surface area contributed by atoms with Gasteiger partial charge in [-0.3, -0.25) is 0 Å². The molecule has 0 saturated heterocycles. The molecule has 68 valence electrons. The molecule has 2 nitrogen and oxygen atoms in total. The third-order valence-corrected chi connectivity index (χ3v) is 2.51. The van der Waals surface area contributed by atoms with Crippen molar-refractivity contribution in [1.82, 2.24) is 5.32 Å². The highest BCUT2D eigenvalue weighted by molar-refractivity contribution is 7.99. The van der Waals surface area contributed by atoms with Gasteiger partial charge in [-0.05, 0) is 37.9 Å². The molecule has 0 aliphatic rings. The van der Waals surface area contributed by atoms with Crippen LogP contribution < -0.4 is 5.32 Å². The summed E-state index contributed by atoms with van der Waals surface area (Å²) in [5.41, 5.74) is 0. The summed E-state index contributed by atoms with van der Waals surface area (Å²) in [6, 6.07) is 0. The van der Waals surface area contributed by atoms with Gasteiger partial charge >= 0.3 is 0 Å². The second-order valence-electron chi connectivity index (χ2n) is 2.42. The van der Waals surface area contributed by atoms with E-state index in [1.165, 1.54) is 24.3 Å². The van der Waals surface area contributed by atoms with Gasteiger partial charge in [-0.2, -0.15) is 11.8 Å². The van der Waals surface area contributed by atoms with Crippen molar-refractivity contribution in [3.8, 4) is 0 Å². The quantitative estimate of drug-likeness (QED) is 0.566. The molecule has 0 fully saturated rings. The van der Waals surface area contributed by atoms with Gasteiger partial charge in [0, 0.05) is 13.7 Å². The largest absolute Gasteiger partial charge is 0.385 e. The summed E-state index contributed by atoms with van der Waals surface area (Å²) >= 11 is 2.01. The average Bonchev–Trinajstić information content (AvgIpc) is 2.03. The second kappa shape index (κ2) is 10.3. The van der Waals surface area contributed by atoms with Crippen LogP contribution in [0.2, 0.25) is 0 Å². The number of methoxy groups -OCH3 is 1. The lowest BCUT2D eigenvalue weighted by atomic mass is 10.5. The van der Waals surface area contributed by atoms with Crippen molar-refractivity contribution in [2.45, 2.75) is 12.8 Å². The molecular weight excluding hydrogens is 158 g/mol. The summed E-state index contributed by atoms with van der Waals surface area (Å²) in [6.45, 7) is 2.04. The maximum absolute atomic E-state index is 4.94. The van der Waals surface area contributed by atoms with Crippen LogP contribution in [-0.4, -0.2) is 38.8 Å². The lowest BCUT2D eigenvalue weighted by molar-refractivity contribution is 0.200. The minimum absolute atomic E-state index is 0.902. The van der Waals surface area contributed by atoms with E-state index in [2.05, 4.69) is 5.32 Å². The van der Waals surface area contributed by atoms with E-state index in [1.807, 2.05) is 18.8 Å². The lowest BCUT2D eigenvalue weighted by Crippen LogP contribution is -2.08. The number of ether oxygens (including phenoxy) is 1. The summed E-state index contributed by atoms with van der Waals surface area (Å²) in [4.78, 5) is 0. The molecule has 0 atom stereocenters. The van der Waals surface area contributed by atoms with Crippen molar-refractivity contribution in [3.63, 3.8) is 0 Å². The minimum Gasteiger partial charge on any atom is -0.385 e. The average molecular weight is 177 g/mol. The van der Waals surface area contributed by atoms with Gasteiger partial charge in [0.15, 0.2) is 0 Å². The highest BCUT2D eigenvalue weighted by Gasteiger charge is 1.88. The van der Waals surface area contributed by atoms with Crippen molar-refractivity contribution in [2.75, 3.05) is 38.8 Å². The fraction of sp³-hybridized carbons (Fsp3) is 1.00. The molecule has 0 aliphatic carbocycles. The molecule has 0 aromatic heterocycles. The number of nitrogens with one attached hydrogen (secondary N) is 1. The van der Waals surface area contributed by atoms with Crippen LogP contribution in [0.4, 0.5) is 0 Å². The van der Waals surface area contributed by atoms with Crippen molar-refractivity contribution in [3.05, 3.63) is 0 Å². The zero-order valence-electron chi connectivity index (χ0n) is 7.56. The zero-order chi connectivity index (χ0) is 8.36. The van der Waals surface area contributed by atoms with Crippen molar-refractivity contribution in [1.29, 1.82) is 0 Å². The Bertz CT molecular complexity index is 63.1. The molecule has 0 bridgehead atoms. The Kier molecular flexibility index (Phi) is 10.5. The molecular formula is C8H19NOS. The van der Waals surface area contributed by atoms with Crippen LogP contribution in [0, 0.1) is 0 Å². The van der Waals surface area contributed by atoms with Gasteiger partial charge in [0.2, 0.25) is 0 Å². The highest BCUT2D eigenvalue weighted by atomic mass is 32.2. The monoisotopic (exact) mass is 177 g/mol. The van der Waals surface area contributed by atoms with E-state index in [0.717, 1.165) is 13.2 Å². The molecule has 1 N–H and O–H groups in total. The maximum Gasteiger partial charge on any atom is 0.0470 e. The van der Waals surface area contributed by atoms with Crippen LogP contribution in [0.15, 0.2) is 0 Å². The van der Waals surface area contributed by atoms with Gasteiger partial charge in [-0.1, -0.05) is 0 Å². The number of rotatable bonds is 8. The van der Waals surface area contributed by atoms with Gasteiger partial charge < -0.3 is 10.1 Å². The Balaban J connectivity index is 2.69. The number of thioether (sulfide) groups is 1. The molecule has 0 heterocycles. The SMILES string of the molecule is CNCCCSCCCOC. The summed E-state index contributed by atoms with van der Waals surface area (Å²) in [7, 11) is 3.75. The molecule has 0 saturated carbocycles. The van der Waals surface area contributed by atoms with E-state index in [1.54, 1.807) is 7.11 Å². The Morgan fingerprint density at radius 2 is 2.00 bits per heavy atom. The Morgan fingerprint density at radius 3 is 2.64 bits per heavy atom. The summed E-state index contributed by atoms with van der Waals surface area (Å²) in [6.07, 6.45) is 2.45. The zero-order valence-corrected chi connectivity index (χ0v) is 8.38. The van der Waals surface area contributed by atoms with E-state index in [-0.39, 0.29) is 0 Å². The summed E-state index contributed by atoms with van der Waals surface area (Å²) in [5.74, 6) is 2.50. The Labute approximate surface area is 74.1 Å². The first-order valence-corrected chi connectivity index (χ1v) is 5.28. The molecule has 0 unspecified atom stereocenters. The third-order valence-electron chi connectivity index (χ3n) is 1.35. The molecule has 0 aliphatic heterocycles. The van der Waals surface area contributed by atoms with Crippen LogP contribution >= 0.6 is 11.8 Å². The van der Waals surface area contributed by atoms with Crippen molar-refractivity contribution < 1.29 is 4.74 Å². The Morgan fingerprint density at radius 1 is 1.27 bits per heavy atom. The molecule has 0 amide bonds. The third kappa shape index (κ3) is 10.3. The predicted octanol–water partition coefficient (Wildman–Crippen LogP) is 1.37. The fourth-order valence-corrected chi connectivity index (χ4v) is 1.63. The number of hydrogen-bond donors (Lipinski definition) is 1. The lowest BCUT2D eigenvalue weighted by Gasteiger charge is -2.00. The first-order valence-electron chi connectivity index (χ1n) is 4.13. The van der Waals surface area contributed by atoms with Crippen LogP contribution in [0.5, 0.6) is 0 Å². The normalized spacial score (nSPS) is 10.4. The van der Waals surface area contributed by atoms with Crippen LogP contribution in [0.3, 0.4) is 0 Å². The fourth-order valence-electron chi connectivity index (χ4n) is 0.758. The van der Waals surface area contributed by atoms with E-state index in [0.29, 0.717) is 0 Å². The first-order chi connectivity index (χ1) is 5.41. The highest BCUT2D eigenvalue weighted by Crippen LogP contribution is 2.03. The van der Waals surface area contributed by atoms with Gasteiger partial charge in [0.25, 0.3) is 0 Å². The standard InChI is InChI=1S/C8H19NOS/c1-9-5-3-7-11-8-4-6-10-2/h9H,3-8H2,1-2H3. The van der Waals surface area contributed by atoms with Crippen molar-refractivity contribution >= 4 is 11.8 Å². The van der Waals surface area contributed by atoms with E-state index in [4.69, 9.17) is 4.74 Å². The van der Waals surface area contributed by atoms with Gasteiger partial charge in [-0.25, -0.2) is 0 Å². The van der Waals surface area contributed by atoms with E-state index >= 15 is 0 Å². The number of hydrogen-bond acceptors (Lipinski definition) is 3. The molecule has 0 aromatic rings. The second-order valence-corrected chi connectivity index (χ2v) is 3.64.